The maximum atomic E-state index is 12.0. The predicted octanol–water partition coefficient (Wildman–Crippen LogP) is 0.396. The van der Waals surface area contributed by atoms with Crippen LogP contribution in [0.25, 0.3) is 0 Å². The number of nitrogens with zero attached hydrogens (tertiary/aromatic N) is 2. The van der Waals surface area contributed by atoms with Crippen molar-refractivity contribution in [3.63, 3.8) is 0 Å². The van der Waals surface area contributed by atoms with E-state index in [1.54, 1.807) is 9.80 Å². The van der Waals surface area contributed by atoms with E-state index in [0.717, 1.165) is 25.0 Å². The lowest BCUT2D eigenvalue weighted by molar-refractivity contribution is -0.153. The van der Waals surface area contributed by atoms with Crippen LogP contribution in [0, 0.1) is 0 Å². The van der Waals surface area contributed by atoms with Crippen molar-refractivity contribution in [3.8, 4) is 0 Å². The molecule has 0 saturated carbocycles. The largest absolute Gasteiger partial charge is 0.329 e. The van der Waals surface area contributed by atoms with Crippen LogP contribution in [0.15, 0.2) is 12.2 Å². The summed E-state index contributed by atoms with van der Waals surface area (Å²) in [7, 11) is 0. The van der Waals surface area contributed by atoms with Gasteiger partial charge in [0, 0.05) is 13.1 Å². The molecule has 2 fully saturated rings. The van der Waals surface area contributed by atoms with Gasteiger partial charge in [-0.05, 0) is 19.8 Å². The minimum Gasteiger partial charge on any atom is -0.329 e. The highest BCUT2D eigenvalue weighted by molar-refractivity contribution is 5.95. The van der Waals surface area contributed by atoms with E-state index in [9.17, 15) is 9.59 Å². The number of rotatable bonds is 2. The lowest BCUT2D eigenvalue weighted by atomic mass is 10.1. The molecule has 4 nitrogen and oxygen atoms in total. The van der Waals surface area contributed by atoms with Crippen molar-refractivity contribution in [3.05, 3.63) is 12.2 Å². The molecule has 0 aromatic rings. The lowest BCUT2D eigenvalue weighted by Crippen LogP contribution is -2.57. The maximum absolute atomic E-state index is 12.0. The summed E-state index contributed by atoms with van der Waals surface area (Å²) in [4.78, 5) is 27.0. The molecule has 0 aromatic heterocycles. The molecular formula is C11H16N2O2. The summed E-state index contributed by atoms with van der Waals surface area (Å²) >= 11 is 0. The number of hydrogen-bond donors (Lipinski definition) is 0. The molecule has 1 atom stereocenters. The molecule has 1 unspecified atom stereocenters. The topological polar surface area (TPSA) is 40.6 Å². The van der Waals surface area contributed by atoms with Crippen molar-refractivity contribution in [2.45, 2.75) is 25.8 Å². The monoisotopic (exact) mass is 208 g/mol. The van der Waals surface area contributed by atoms with Crippen molar-refractivity contribution in [1.82, 2.24) is 9.80 Å². The molecule has 0 spiro atoms. The highest BCUT2D eigenvalue weighted by Gasteiger charge is 2.41. The second-order valence-corrected chi connectivity index (χ2v) is 4.40. The third-order valence-electron chi connectivity index (χ3n) is 2.96. The van der Waals surface area contributed by atoms with Crippen molar-refractivity contribution >= 4 is 11.8 Å². The maximum Gasteiger partial charge on any atom is 0.246 e. The first-order valence-corrected chi connectivity index (χ1v) is 5.32. The number of fused-ring (bicyclic) bond motifs is 1. The highest BCUT2D eigenvalue weighted by Crippen LogP contribution is 2.23. The molecule has 2 aliphatic heterocycles. The summed E-state index contributed by atoms with van der Waals surface area (Å²) < 4.78 is 0. The minimum absolute atomic E-state index is 0.0818. The first-order chi connectivity index (χ1) is 7.09. The normalized spacial score (nSPS) is 25.8. The third kappa shape index (κ3) is 1.76. The van der Waals surface area contributed by atoms with Gasteiger partial charge in [0.25, 0.3) is 0 Å². The van der Waals surface area contributed by atoms with Crippen LogP contribution >= 0.6 is 0 Å². The van der Waals surface area contributed by atoms with Crippen molar-refractivity contribution in [2.24, 2.45) is 0 Å². The van der Waals surface area contributed by atoms with E-state index < -0.39 is 0 Å². The predicted molar refractivity (Wildman–Crippen MR) is 56.1 cm³/mol. The van der Waals surface area contributed by atoms with Gasteiger partial charge in [-0.2, -0.15) is 0 Å². The number of hydrogen-bond acceptors (Lipinski definition) is 2. The Morgan fingerprint density at radius 2 is 2.27 bits per heavy atom. The fourth-order valence-electron chi connectivity index (χ4n) is 2.32. The molecule has 0 aromatic carbocycles. The molecule has 0 radical (unpaired) electrons. The second kappa shape index (κ2) is 3.68. The molecule has 2 aliphatic rings. The SMILES string of the molecule is C=C(C)CN1CC(=O)N2CCCC2C1=O. The summed E-state index contributed by atoms with van der Waals surface area (Å²) in [6.45, 7) is 7.13. The van der Waals surface area contributed by atoms with Gasteiger partial charge in [-0.1, -0.05) is 12.2 Å². The summed E-state index contributed by atoms with van der Waals surface area (Å²) in [5.41, 5.74) is 0.919. The van der Waals surface area contributed by atoms with Crippen LogP contribution < -0.4 is 0 Å². The van der Waals surface area contributed by atoms with Gasteiger partial charge in [0.15, 0.2) is 0 Å². The Kier molecular flexibility index (Phi) is 2.50. The Morgan fingerprint density at radius 3 is 2.93 bits per heavy atom. The van der Waals surface area contributed by atoms with Crippen molar-refractivity contribution in [1.29, 1.82) is 0 Å². The fraction of sp³-hybridized carbons (Fsp3) is 0.636. The average molecular weight is 208 g/mol. The summed E-state index contributed by atoms with van der Waals surface area (Å²) in [5, 5.41) is 0. The van der Waals surface area contributed by atoms with Crippen LogP contribution in [0.5, 0.6) is 0 Å². The molecule has 0 bridgehead atoms. The fourth-order valence-corrected chi connectivity index (χ4v) is 2.32. The van der Waals surface area contributed by atoms with Crippen LogP contribution in [-0.2, 0) is 9.59 Å². The molecule has 0 N–H and O–H groups in total. The Hall–Kier alpha value is -1.32. The highest BCUT2D eigenvalue weighted by atomic mass is 16.2. The van der Waals surface area contributed by atoms with E-state index in [1.165, 1.54) is 0 Å². The third-order valence-corrected chi connectivity index (χ3v) is 2.96. The van der Waals surface area contributed by atoms with Crippen LogP contribution in [0.2, 0.25) is 0 Å². The zero-order chi connectivity index (χ0) is 11.0. The summed E-state index contributed by atoms with van der Waals surface area (Å²) in [6.07, 6.45) is 1.76. The van der Waals surface area contributed by atoms with Gasteiger partial charge < -0.3 is 9.80 Å². The second-order valence-electron chi connectivity index (χ2n) is 4.40. The first kappa shape index (κ1) is 10.2. The molecule has 2 amide bonds. The van der Waals surface area contributed by atoms with Crippen molar-refractivity contribution < 1.29 is 9.59 Å². The van der Waals surface area contributed by atoms with Gasteiger partial charge in [0.05, 0.1) is 0 Å². The molecule has 2 rings (SSSR count). The Labute approximate surface area is 89.5 Å². The van der Waals surface area contributed by atoms with E-state index in [4.69, 9.17) is 0 Å². The van der Waals surface area contributed by atoms with Crippen molar-refractivity contribution in [2.75, 3.05) is 19.6 Å². The van der Waals surface area contributed by atoms with Crippen LogP contribution in [0.3, 0.4) is 0 Å². The molecule has 4 heteroatoms. The van der Waals surface area contributed by atoms with Gasteiger partial charge in [0.1, 0.15) is 12.6 Å². The summed E-state index contributed by atoms with van der Waals surface area (Å²) in [5.74, 6) is 0.174. The molecular weight excluding hydrogens is 192 g/mol. The number of carbonyl (C=O) groups excluding carboxylic acids is 2. The van der Waals surface area contributed by atoms with E-state index in [0.29, 0.717) is 6.54 Å². The Bertz CT molecular complexity index is 325. The average Bonchev–Trinajstić information content (AvgIpc) is 2.61. The van der Waals surface area contributed by atoms with Gasteiger partial charge in [0.2, 0.25) is 11.8 Å². The zero-order valence-corrected chi connectivity index (χ0v) is 9.03. The number of piperazine rings is 1. The van der Waals surface area contributed by atoms with Crippen LogP contribution in [0.1, 0.15) is 19.8 Å². The van der Waals surface area contributed by atoms with E-state index in [1.807, 2.05) is 6.92 Å². The van der Waals surface area contributed by atoms with E-state index in [-0.39, 0.29) is 24.4 Å². The molecule has 2 heterocycles. The quantitative estimate of drug-likeness (QED) is 0.616. The smallest absolute Gasteiger partial charge is 0.246 e. The van der Waals surface area contributed by atoms with E-state index >= 15 is 0 Å². The minimum atomic E-state index is -0.189. The van der Waals surface area contributed by atoms with Gasteiger partial charge in [-0.3, -0.25) is 9.59 Å². The molecule has 15 heavy (non-hydrogen) atoms. The van der Waals surface area contributed by atoms with Crippen LogP contribution in [0.4, 0.5) is 0 Å². The summed E-state index contributed by atoms with van der Waals surface area (Å²) in [6, 6.07) is -0.189. The molecule has 2 saturated heterocycles. The van der Waals surface area contributed by atoms with Crippen LogP contribution in [-0.4, -0.2) is 47.3 Å². The van der Waals surface area contributed by atoms with Gasteiger partial charge >= 0.3 is 0 Å². The van der Waals surface area contributed by atoms with E-state index in [2.05, 4.69) is 6.58 Å². The van der Waals surface area contributed by atoms with Gasteiger partial charge in [-0.25, -0.2) is 0 Å². The zero-order valence-electron chi connectivity index (χ0n) is 9.03. The molecule has 82 valence electrons. The number of carbonyl (C=O) groups is 2. The standard InChI is InChI=1S/C11H16N2O2/c1-8(2)6-12-7-10(14)13-5-3-4-9(13)11(12)15/h9H,1,3-7H2,2H3. The Balaban J connectivity index is 2.13. The number of amides is 2. The lowest BCUT2D eigenvalue weighted by Gasteiger charge is -2.36. The van der Waals surface area contributed by atoms with Gasteiger partial charge in [-0.15, -0.1) is 0 Å². The first-order valence-electron chi connectivity index (χ1n) is 5.32. The molecule has 0 aliphatic carbocycles. The Morgan fingerprint density at radius 1 is 1.53 bits per heavy atom.